The van der Waals surface area contributed by atoms with Crippen molar-refractivity contribution in [3.8, 4) is 17.2 Å². The van der Waals surface area contributed by atoms with Crippen LogP contribution in [0.3, 0.4) is 0 Å². The van der Waals surface area contributed by atoms with Gasteiger partial charge < -0.3 is 29.6 Å². The molecule has 0 radical (unpaired) electrons. The molecule has 0 spiro atoms. The zero-order chi connectivity index (χ0) is 21.8. The number of guanidine groups is 1. The number of rotatable bonds is 11. The molecule has 7 heteroatoms. The van der Waals surface area contributed by atoms with Crippen LogP contribution in [0.1, 0.15) is 18.1 Å². The fraction of sp³-hybridized carbons (Fsp3) is 0.435. The van der Waals surface area contributed by atoms with Gasteiger partial charge in [-0.15, -0.1) is 0 Å². The van der Waals surface area contributed by atoms with Gasteiger partial charge in [-0.1, -0.05) is 18.2 Å². The molecule has 0 aliphatic rings. The van der Waals surface area contributed by atoms with Crippen LogP contribution in [-0.2, 0) is 11.3 Å². The molecule has 0 saturated heterocycles. The Hall–Kier alpha value is -2.93. The van der Waals surface area contributed by atoms with Gasteiger partial charge in [0.15, 0.2) is 5.96 Å². The summed E-state index contributed by atoms with van der Waals surface area (Å²) >= 11 is 0. The smallest absolute Gasteiger partial charge is 0.191 e. The number of methoxy groups -OCH3 is 2. The third kappa shape index (κ3) is 7.83. The van der Waals surface area contributed by atoms with E-state index in [0.717, 1.165) is 28.4 Å². The number of hydrogen-bond donors (Lipinski definition) is 2. The Morgan fingerprint density at radius 3 is 2.57 bits per heavy atom. The van der Waals surface area contributed by atoms with Crippen LogP contribution in [0.4, 0.5) is 0 Å². The van der Waals surface area contributed by atoms with Crippen molar-refractivity contribution in [1.82, 2.24) is 10.6 Å². The molecular weight excluding hydrogens is 382 g/mol. The van der Waals surface area contributed by atoms with E-state index in [0.29, 0.717) is 32.3 Å². The lowest BCUT2D eigenvalue weighted by atomic mass is 10.1. The highest BCUT2D eigenvalue weighted by molar-refractivity contribution is 5.79. The third-order valence-electron chi connectivity index (χ3n) is 4.37. The Morgan fingerprint density at radius 1 is 1.03 bits per heavy atom. The molecule has 0 fully saturated rings. The van der Waals surface area contributed by atoms with Crippen LogP contribution < -0.4 is 24.8 Å². The van der Waals surface area contributed by atoms with Gasteiger partial charge >= 0.3 is 0 Å². The van der Waals surface area contributed by atoms with Gasteiger partial charge in [0.05, 0.1) is 20.3 Å². The summed E-state index contributed by atoms with van der Waals surface area (Å²) in [5.74, 6) is 3.08. The first-order valence-corrected chi connectivity index (χ1v) is 10.0. The van der Waals surface area contributed by atoms with E-state index in [-0.39, 0.29) is 6.10 Å². The van der Waals surface area contributed by atoms with Gasteiger partial charge in [0.25, 0.3) is 0 Å². The molecule has 164 valence electrons. The summed E-state index contributed by atoms with van der Waals surface area (Å²) in [4.78, 5) is 4.29. The molecule has 30 heavy (non-hydrogen) atoms. The fourth-order valence-corrected chi connectivity index (χ4v) is 2.77. The van der Waals surface area contributed by atoms with Gasteiger partial charge in [0, 0.05) is 32.3 Å². The first-order valence-electron chi connectivity index (χ1n) is 10.0. The molecule has 0 amide bonds. The van der Waals surface area contributed by atoms with Crippen LogP contribution in [-0.4, -0.2) is 53.1 Å². The van der Waals surface area contributed by atoms with E-state index in [9.17, 15) is 0 Å². The Morgan fingerprint density at radius 2 is 1.83 bits per heavy atom. The SMILES string of the molecule is CN=C(NCc1ccc(C)cc1OCCOC)NCC(C)Oc1cccc(OC)c1. The number of aliphatic imine (C=N–C) groups is 1. The van der Waals surface area contributed by atoms with Crippen LogP contribution in [0.25, 0.3) is 0 Å². The molecule has 0 bridgehead atoms. The highest BCUT2D eigenvalue weighted by Crippen LogP contribution is 2.21. The highest BCUT2D eigenvalue weighted by Gasteiger charge is 2.09. The highest BCUT2D eigenvalue weighted by atomic mass is 16.5. The van der Waals surface area contributed by atoms with Gasteiger partial charge in [-0.05, 0) is 37.6 Å². The molecule has 0 aliphatic carbocycles. The normalized spacial score (nSPS) is 12.2. The summed E-state index contributed by atoms with van der Waals surface area (Å²) in [6, 6.07) is 13.7. The van der Waals surface area contributed by atoms with Gasteiger partial charge in [-0.3, -0.25) is 4.99 Å². The van der Waals surface area contributed by atoms with E-state index in [2.05, 4.69) is 27.8 Å². The number of hydrogen-bond acceptors (Lipinski definition) is 5. The van der Waals surface area contributed by atoms with Crippen molar-refractivity contribution < 1.29 is 18.9 Å². The molecular formula is C23H33N3O4. The minimum absolute atomic E-state index is 0.0528. The lowest BCUT2D eigenvalue weighted by molar-refractivity contribution is 0.145. The Labute approximate surface area is 179 Å². The van der Waals surface area contributed by atoms with Crippen molar-refractivity contribution in [2.24, 2.45) is 4.99 Å². The zero-order valence-electron chi connectivity index (χ0n) is 18.5. The van der Waals surface area contributed by atoms with E-state index < -0.39 is 0 Å². The van der Waals surface area contributed by atoms with E-state index in [1.807, 2.05) is 44.2 Å². The molecule has 1 atom stereocenters. The number of nitrogens with one attached hydrogen (secondary N) is 2. The standard InChI is InChI=1S/C23H33N3O4/c1-17-9-10-19(22(13-17)29-12-11-27-4)16-26-23(24-3)25-15-18(2)30-21-8-6-7-20(14-21)28-5/h6-10,13-14,18H,11-12,15-16H2,1-5H3,(H2,24,25,26). The molecule has 0 saturated carbocycles. The first kappa shape index (κ1) is 23.3. The van der Waals surface area contributed by atoms with Crippen molar-refractivity contribution in [2.75, 3.05) is 41.0 Å². The van der Waals surface area contributed by atoms with Crippen LogP contribution in [0.2, 0.25) is 0 Å². The lowest BCUT2D eigenvalue weighted by Crippen LogP contribution is -2.41. The average Bonchev–Trinajstić information content (AvgIpc) is 2.75. The lowest BCUT2D eigenvalue weighted by Gasteiger charge is -2.19. The monoisotopic (exact) mass is 415 g/mol. The zero-order valence-corrected chi connectivity index (χ0v) is 18.5. The Bertz CT molecular complexity index is 811. The molecule has 0 heterocycles. The van der Waals surface area contributed by atoms with Crippen LogP contribution >= 0.6 is 0 Å². The number of benzene rings is 2. The molecule has 2 rings (SSSR count). The summed E-state index contributed by atoms with van der Waals surface area (Å²) in [5.41, 5.74) is 2.21. The van der Waals surface area contributed by atoms with Crippen molar-refractivity contribution in [1.29, 1.82) is 0 Å². The van der Waals surface area contributed by atoms with Crippen molar-refractivity contribution in [3.05, 3.63) is 53.6 Å². The molecule has 2 aromatic carbocycles. The molecule has 2 aromatic rings. The summed E-state index contributed by atoms with van der Waals surface area (Å²) in [6.45, 7) is 6.30. The maximum Gasteiger partial charge on any atom is 0.191 e. The summed E-state index contributed by atoms with van der Waals surface area (Å²) in [7, 11) is 5.05. The summed E-state index contributed by atoms with van der Waals surface area (Å²) in [5, 5.41) is 6.62. The first-order chi connectivity index (χ1) is 14.5. The quantitative estimate of drug-likeness (QED) is 0.334. The second-order valence-electron chi connectivity index (χ2n) is 6.87. The van der Waals surface area contributed by atoms with E-state index >= 15 is 0 Å². The van der Waals surface area contributed by atoms with Gasteiger partial charge in [0.1, 0.15) is 30.0 Å². The second-order valence-corrected chi connectivity index (χ2v) is 6.87. The van der Waals surface area contributed by atoms with E-state index in [1.54, 1.807) is 21.3 Å². The van der Waals surface area contributed by atoms with Gasteiger partial charge in [-0.25, -0.2) is 0 Å². The van der Waals surface area contributed by atoms with Gasteiger partial charge in [0.2, 0.25) is 0 Å². The second kappa shape index (κ2) is 12.6. The van der Waals surface area contributed by atoms with Crippen molar-refractivity contribution in [3.63, 3.8) is 0 Å². The van der Waals surface area contributed by atoms with Crippen molar-refractivity contribution >= 4 is 5.96 Å². The average molecular weight is 416 g/mol. The minimum Gasteiger partial charge on any atom is -0.497 e. The summed E-state index contributed by atoms with van der Waals surface area (Å²) in [6.07, 6.45) is -0.0528. The fourth-order valence-electron chi connectivity index (χ4n) is 2.77. The predicted molar refractivity (Wildman–Crippen MR) is 120 cm³/mol. The molecule has 2 N–H and O–H groups in total. The van der Waals surface area contributed by atoms with Gasteiger partial charge in [-0.2, -0.15) is 0 Å². The van der Waals surface area contributed by atoms with Crippen molar-refractivity contribution in [2.45, 2.75) is 26.5 Å². The largest absolute Gasteiger partial charge is 0.497 e. The Kier molecular flexibility index (Phi) is 9.80. The molecule has 7 nitrogen and oxygen atoms in total. The van der Waals surface area contributed by atoms with Crippen LogP contribution in [0.5, 0.6) is 17.2 Å². The summed E-state index contributed by atoms with van der Waals surface area (Å²) < 4.78 is 22.1. The Balaban J connectivity index is 1.86. The topological polar surface area (TPSA) is 73.3 Å². The molecule has 0 aliphatic heterocycles. The van der Waals surface area contributed by atoms with Crippen LogP contribution in [0, 0.1) is 6.92 Å². The third-order valence-corrected chi connectivity index (χ3v) is 4.37. The minimum atomic E-state index is -0.0528. The van der Waals surface area contributed by atoms with E-state index in [1.165, 1.54) is 0 Å². The van der Waals surface area contributed by atoms with E-state index in [4.69, 9.17) is 18.9 Å². The molecule has 1 unspecified atom stereocenters. The molecule has 0 aromatic heterocycles. The number of nitrogens with zero attached hydrogens (tertiary/aromatic N) is 1. The number of aryl methyl sites for hydroxylation is 1. The maximum atomic E-state index is 5.94. The van der Waals surface area contributed by atoms with Crippen LogP contribution in [0.15, 0.2) is 47.5 Å². The number of ether oxygens (including phenoxy) is 4. The maximum absolute atomic E-state index is 5.94. The predicted octanol–water partition coefficient (Wildman–Crippen LogP) is 3.16.